The van der Waals surface area contributed by atoms with E-state index in [0.717, 1.165) is 0 Å². The molecule has 0 unspecified atom stereocenters. The van der Waals surface area contributed by atoms with Gasteiger partial charge in [-0.3, -0.25) is 0 Å². The summed E-state index contributed by atoms with van der Waals surface area (Å²) in [5.41, 5.74) is 23.4. The van der Waals surface area contributed by atoms with Gasteiger partial charge in [0.1, 0.15) is 0 Å². The molecule has 19 rings (SSSR count). The molecule has 19 aromatic rings. The fraction of sp³-hybridized carbons (Fsp3) is 0.0127. The Morgan fingerprint density at radius 1 is 0.229 bits per heavy atom. The van der Waals surface area contributed by atoms with Gasteiger partial charge in [-0.2, -0.15) is 0 Å². The molecule has 0 amide bonds. The van der Waals surface area contributed by atoms with E-state index in [1.165, 1.54) is 189 Å². The fourth-order valence-corrected chi connectivity index (χ4v) is 16.9. The van der Waals surface area contributed by atoms with Crippen molar-refractivity contribution in [3.8, 4) is 66.8 Å². The molecule has 0 aliphatic rings. The van der Waals surface area contributed by atoms with Crippen LogP contribution in [-0.2, 0) is 0 Å². The lowest BCUT2D eigenvalue weighted by molar-refractivity contribution is 1.36. The van der Waals surface area contributed by atoms with Crippen LogP contribution in [-0.4, -0.2) is 8.80 Å². The normalized spacial score (nSPS) is 12.4. The Morgan fingerprint density at radius 2 is 0.602 bits per heavy atom. The van der Waals surface area contributed by atoms with E-state index in [1.54, 1.807) is 0 Å². The van der Waals surface area contributed by atoms with E-state index in [0.29, 0.717) is 0 Å². The van der Waals surface area contributed by atoms with Crippen molar-refractivity contribution in [3.05, 3.63) is 266 Å². The maximum atomic E-state index is 2.61. The first-order valence-corrected chi connectivity index (χ1v) is 30.2. The van der Waals surface area contributed by atoms with E-state index in [1.807, 2.05) is 22.7 Å². The zero-order valence-corrected chi connectivity index (χ0v) is 46.7. The van der Waals surface area contributed by atoms with Gasteiger partial charge in [0.15, 0.2) is 0 Å². The number of rotatable bonds is 6. The van der Waals surface area contributed by atoms with Gasteiger partial charge < -0.3 is 8.80 Å². The predicted molar refractivity (Wildman–Crippen MR) is 359 cm³/mol. The van der Waals surface area contributed by atoms with Crippen LogP contribution in [0.3, 0.4) is 0 Å². The molecule has 6 aromatic heterocycles. The van der Waals surface area contributed by atoms with Crippen LogP contribution in [0.15, 0.2) is 261 Å². The molecule has 0 aliphatic carbocycles. The van der Waals surface area contributed by atoms with Crippen molar-refractivity contribution in [2.75, 3.05) is 0 Å². The van der Waals surface area contributed by atoms with Crippen LogP contribution in [0.2, 0.25) is 0 Å². The molecule has 0 radical (unpaired) electrons. The SMILES string of the molecule is Cc1cccc(-c2cc(-c3ccccc3)cc(-c3ccc4c(c3)c3c5sc6ccccc6c5cc5c6cc7c(cc6n4c53)c3cc4c5ccccc5sc4c4c5cc(-c6cc(-c8ccccc8)cc(-c8ccccc8)c6)ccc5n7c34)c2)c1. The fourth-order valence-electron chi connectivity index (χ4n) is 14.4. The van der Waals surface area contributed by atoms with Gasteiger partial charge in [0.05, 0.1) is 33.1 Å². The molecule has 0 N–H and O–H groups in total. The number of thiophene rings is 2. The molecule has 6 heterocycles. The van der Waals surface area contributed by atoms with Crippen LogP contribution in [0.5, 0.6) is 0 Å². The lowest BCUT2D eigenvalue weighted by atomic mass is 9.92. The third-order valence-corrected chi connectivity index (χ3v) is 20.5. The summed E-state index contributed by atoms with van der Waals surface area (Å²) in [5.74, 6) is 0. The topological polar surface area (TPSA) is 8.82 Å². The minimum absolute atomic E-state index is 1.21. The summed E-state index contributed by atoms with van der Waals surface area (Å²) < 4.78 is 10.6. The van der Waals surface area contributed by atoms with E-state index in [2.05, 4.69) is 277 Å². The lowest BCUT2D eigenvalue weighted by Gasteiger charge is -2.12. The Kier molecular flexibility index (Phi) is 9.33. The monoisotopic (exact) mass is 1090 g/mol. The van der Waals surface area contributed by atoms with Crippen LogP contribution in [0.4, 0.5) is 0 Å². The zero-order valence-electron chi connectivity index (χ0n) is 45.0. The van der Waals surface area contributed by atoms with Crippen molar-refractivity contribution in [2.24, 2.45) is 0 Å². The number of hydrogen-bond acceptors (Lipinski definition) is 2. The van der Waals surface area contributed by atoms with E-state index >= 15 is 0 Å². The highest BCUT2D eigenvalue weighted by Gasteiger charge is 2.27. The second kappa shape index (κ2) is 17.0. The van der Waals surface area contributed by atoms with Crippen LogP contribution < -0.4 is 0 Å². The number of aryl methyl sites for hydroxylation is 1. The summed E-state index contributed by atoms with van der Waals surface area (Å²) in [5, 5.41) is 15.7. The summed E-state index contributed by atoms with van der Waals surface area (Å²) in [4.78, 5) is 0. The van der Waals surface area contributed by atoms with Gasteiger partial charge in [0, 0.05) is 83.4 Å². The number of benzene rings is 13. The molecule has 0 atom stereocenters. The molecule has 13 aromatic carbocycles. The molecule has 0 saturated carbocycles. The largest absolute Gasteiger partial charge is 0.308 e. The minimum atomic E-state index is 1.21. The molecule has 2 nitrogen and oxygen atoms in total. The highest BCUT2D eigenvalue weighted by molar-refractivity contribution is 7.27. The lowest BCUT2D eigenvalue weighted by Crippen LogP contribution is -1.87. The van der Waals surface area contributed by atoms with Gasteiger partial charge in [0.25, 0.3) is 0 Å². The highest BCUT2D eigenvalue weighted by Crippen LogP contribution is 2.53. The molecular weight excluding hydrogens is 1040 g/mol. The average molecular weight is 1090 g/mol. The molecule has 0 fully saturated rings. The van der Waals surface area contributed by atoms with Crippen LogP contribution in [0.25, 0.3) is 183 Å². The van der Waals surface area contributed by atoms with Crippen molar-refractivity contribution in [3.63, 3.8) is 0 Å². The maximum Gasteiger partial charge on any atom is 0.0635 e. The first kappa shape index (κ1) is 45.6. The van der Waals surface area contributed by atoms with Crippen molar-refractivity contribution < 1.29 is 0 Å². The summed E-state index contributed by atoms with van der Waals surface area (Å²) in [6, 6.07) is 98.3. The van der Waals surface area contributed by atoms with Gasteiger partial charge in [-0.05, 0) is 171 Å². The smallest absolute Gasteiger partial charge is 0.0635 e. The van der Waals surface area contributed by atoms with Crippen molar-refractivity contribution in [1.29, 1.82) is 0 Å². The Morgan fingerprint density at radius 3 is 1.02 bits per heavy atom. The summed E-state index contributed by atoms with van der Waals surface area (Å²) in [6.45, 7) is 2.18. The van der Waals surface area contributed by atoms with E-state index in [-0.39, 0.29) is 0 Å². The quantitative estimate of drug-likeness (QED) is 0.157. The van der Waals surface area contributed by atoms with Gasteiger partial charge in [-0.25, -0.2) is 0 Å². The van der Waals surface area contributed by atoms with E-state index in [4.69, 9.17) is 0 Å². The summed E-state index contributed by atoms with van der Waals surface area (Å²) in [7, 11) is 0. The Balaban J connectivity index is 0.892. The minimum Gasteiger partial charge on any atom is -0.308 e. The molecule has 0 aliphatic heterocycles. The molecule has 0 spiro atoms. The maximum absolute atomic E-state index is 2.61. The summed E-state index contributed by atoms with van der Waals surface area (Å²) >= 11 is 3.87. The van der Waals surface area contributed by atoms with E-state index < -0.39 is 0 Å². The number of nitrogens with zero attached hydrogens (tertiary/aromatic N) is 2. The first-order chi connectivity index (χ1) is 41.0. The standard InChI is InChI=1S/C79H46N2S2/c1-45-16-15-23-49(32-45)55-34-54(48-21-9-4-10-22-48)37-57(38-55)51-29-31-69-67(40-51)75-77-63(42-65-59-25-12-14-27-73(59)83-79(65)75)61-43-70-60(44-71(61)81(69)77)62-41-64-58-24-11-13-26-72(58)82-78(64)74-66-39-50(28-30-68(66)80(70)76(62)74)56-35-52(46-17-5-2-6-18-46)33-53(36-56)47-19-7-3-8-20-47/h2-44H,1H3. The second-order valence-corrected chi connectivity index (χ2v) is 24.9. The number of aromatic nitrogens is 2. The third kappa shape index (κ3) is 6.53. The number of fused-ring (bicyclic) bond motifs is 20. The Hall–Kier alpha value is -10.1. The summed E-state index contributed by atoms with van der Waals surface area (Å²) in [6.07, 6.45) is 0. The van der Waals surface area contributed by atoms with Crippen LogP contribution >= 0.6 is 22.7 Å². The zero-order chi connectivity index (χ0) is 54.2. The van der Waals surface area contributed by atoms with Crippen molar-refractivity contribution in [2.45, 2.75) is 6.92 Å². The van der Waals surface area contributed by atoms with Gasteiger partial charge in [-0.15, -0.1) is 22.7 Å². The molecular formula is C79H46N2S2. The molecule has 0 saturated heterocycles. The van der Waals surface area contributed by atoms with E-state index in [9.17, 15) is 0 Å². The highest BCUT2D eigenvalue weighted by atomic mass is 32.1. The van der Waals surface area contributed by atoms with Gasteiger partial charge in [0.2, 0.25) is 0 Å². The molecule has 0 bridgehead atoms. The number of hydrogen-bond donors (Lipinski definition) is 0. The van der Waals surface area contributed by atoms with Crippen LogP contribution in [0.1, 0.15) is 5.56 Å². The second-order valence-electron chi connectivity index (χ2n) is 22.8. The van der Waals surface area contributed by atoms with Gasteiger partial charge >= 0.3 is 0 Å². The Bertz CT molecular complexity index is 5860. The Labute approximate surface area is 484 Å². The molecule has 83 heavy (non-hydrogen) atoms. The third-order valence-electron chi connectivity index (χ3n) is 18.1. The molecule has 4 heteroatoms. The predicted octanol–water partition coefficient (Wildman–Crippen LogP) is 23.0. The average Bonchev–Trinajstić information content (AvgIpc) is 1.78. The van der Waals surface area contributed by atoms with Crippen molar-refractivity contribution in [1.82, 2.24) is 8.80 Å². The molecule has 384 valence electrons. The van der Waals surface area contributed by atoms with Crippen molar-refractivity contribution >= 4 is 139 Å². The first-order valence-electron chi connectivity index (χ1n) is 28.6. The van der Waals surface area contributed by atoms with Crippen LogP contribution in [0, 0.1) is 6.92 Å². The van der Waals surface area contributed by atoms with Gasteiger partial charge in [-0.1, -0.05) is 169 Å².